The Morgan fingerprint density at radius 1 is 1.25 bits per heavy atom. The van der Waals surface area contributed by atoms with Crippen LogP contribution in [-0.2, 0) is 0 Å². The smallest absolute Gasteiger partial charge is 0.0357 e. The van der Waals surface area contributed by atoms with Gasteiger partial charge in [0.25, 0.3) is 0 Å². The molecule has 2 aromatic heterocycles. The summed E-state index contributed by atoms with van der Waals surface area (Å²) in [4.78, 5) is 4.35. The molecule has 0 radical (unpaired) electrons. The topological polar surface area (TPSA) is 15.8 Å². The number of thiophene rings is 1. The van der Waals surface area contributed by atoms with Gasteiger partial charge in [0.1, 0.15) is 0 Å². The van der Waals surface area contributed by atoms with Crippen LogP contribution in [0.1, 0.15) is 13.8 Å². The third kappa shape index (κ3) is 1.98. The first kappa shape index (κ1) is 9.07. The highest BCUT2D eigenvalue weighted by Crippen LogP contribution is 2.23. The Morgan fingerprint density at radius 3 is 2.58 bits per heavy atom. The number of aromatic amines is 1. The zero-order chi connectivity index (χ0) is 8.81. The molecule has 2 rings (SSSR count). The van der Waals surface area contributed by atoms with Crippen molar-refractivity contribution in [2.75, 3.05) is 0 Å². The molecule has 64 valence electrons. The summed E-state index contributed by atoms with van der Waals surface area (Å²) in [5, 5.41) is 2.09. The number of hydrogen-bond acceptors (Lipinski definition) is 1. The predicted octanol–water partition coefficient (Wildman–Crippen LogP) is 3.77. The van der Waals surface area contributed by atoms with Gasteiger partial charge in [-0.05, 0) is 17.5 Å². The van der Waals surface area contributed by atoms with Gasteiger partial charge < -0.3 is 4.98 Å². The molecule has 1 nitrogen and oxygen atoms in total. The Bertz CT molecular complexity index is 249. The van der Waals surface area contributed by atoms with E-state index in [1.807, 2.05) is 26.2 Å². The van der Waals surface area contributed by atoms with Crippen LogP contribution < -0.4 is 0 Å². The molecule has 0 amide bonds. The number of H-pyrrole nitrogens is 1. The van der Waals surface area contributed by atoms with Crippen LogP contribution in [0.2, 0.25) is 0 Å². The highest BCUT2D eigenvalue weighted by molar-refractivity contribution is 7.13. The van der Waals surface area contributed by atoms with Crippen molar-refractivity contribution in [1.29, 1.82) is 0 Å². The van der Waals surface area contributed by atoms with Gasteiger partial charge in [0.2, 0.25) is 0 Å². The summed E-state index contributed by atoms with van der Waals surface area (Å²) in [6.07, 6.45) is 3.95. The maximum Gasteiger partial charge on any atom is 0.0357 e. The highest BCUT2D eigenvalue weighted by Gasteiger charge is 1.95. The maximum absolute atomic E-state index is 3.02. The average Bonchev–Trinajstić information content (AvgIpc) is 2.80. The van der Waals surface area contributed by atoms with Gasteiger partial charge >= 0.3 is 0 Å². The lowest BCUT2D eigenvalue weighted by molar-refractivity contribution is 1.42. The van der Waals surface area contributed by atoms with Crippen LogP contribution >= 0.6 is 11.3 Å². The average molecular weight is 179 g/mol. The van der Waals surface area contributed by atoms with E-state index in [1.54, 1.807) is 11.3 Å². The van der Waals surface area contributed by atoms with E-state index in [9.17, 15) is 0 Å². The lowest BCUT2D eigenvalue weighted by Crippen LogP contribution is -1.59. The molecule has 0 atom stereocenters. The Morgan fingerprint density at radius 2 is 2.08 bits per heavy atom. The number of aromatic nitrogens is 1. The van der Waals surface area contributed by atoms with E-state index in [0.29, 0.717) is 0 Å². The standard InChI is InChI=1S/C8H7NS.C2H6/c1-2-8(10-5-1)7-3-4-9-6-7;1-2/h1-6,9H;1-2H3. The van der Waals surface area contributed by atoms with E-state index in [1.165, 1.54) is 10.4 Å². The summed E-state index contributed by atoms with van der Waals surface area (Å²) < 4.78 is 0. The fourth-order valence-corrected chi connectivity index (χ4v) is 1.64. The molecule has 0 aliphatic rings. The van der Waals surface area contributed by atoms with Gasteiger partial charge in [-0.2, -0.15) is 0 Å². The molecule has 0 saturated carbocycles. The first-order chi connectivity index (χ1) is 5.97. The Balaban J connectivity index is 0.000000336. The van der Waals surface area contributed by atoms with Crippen LogP contribution in [-0.4, -0.2) is 4.98 Å². The Labute approximate surface area is 77.1 Å². The van der Waals surface area contributed by atoms with Gasteiger partial charge in [-0.3, -0.25) is 0 Å². The Hall–Kier alpha value is -1.02. The zero-order valence-corrected chi connectivity index (χ0v) is 8.19. The monoisotopic (exact) mass is 179 g/mol. The van der Waals surface area contributed by atoms with E-state index >= 15 is 0 Å². The molecule has 12 heavy (non-hydrogen) atoms. The quantitative estimate of drug-likeness (QED) is 0.686. The summed E-state index contributed by atoms with van der Waals surface area (Å²) in [6, 6.07) is 6.26. The van der Waals surface area contributed by atoms with Crippen LogP contribution in [0.15, 0.2) is 36.0 Å². The minimum absolute atomic E-state index is 1.27. The first-order valence-corrected chi connectivity index (χ1v) is 5.01. The van der Waals surface area contributed by atoms with Crippen LogP contribution in [0, 0.1) is 0 Å². The molecule has 0 bridgehead atoms. The molecule has 0 aliphatic carbocycles. The molecule has 2 heterocycles. The van der Waals surface area contributed by atoms with Crippen molar-refractivity contribution in [3.05, 3.63) is 36.0 Å². The highest BCUT2D eigenvalue weighted by atomic mass is 32.1. The lowest BCUT2D eigenvalue weighted by atomic mass is 10.3. The number of rotatable bonds is 1. The third-order valence-electron chi connectivity index (χ3n) is 1.40. The van der Waals surface area contributed by atoms with Crippen molar-refractivity contribution in [2.45, 2.75) is 13.8 Å². The normalized spacial score (nSPS) is 8.83. The summed E-state index contributed by atoms with van der Waals surface area (Å²) >= 11 is 1.76. The SMILES string of the molecule is CC.c1csc(-c2cc[nH]c2)c1. The molecule has 0 spiro atoms. The number of nitrogens with one attached hydrogen (secondary N) is 1. The lowest BCUT2D eigenvalue weighted by Gasteiger charge is -1.85. The molecule has 0 saturated heterocycles. The van der Waals surface area contributed by atoms with Crippen LogP contribution in [0.4, 0.5) is 0 Å². The van der Waals surface area contributed by atoms with Crippen LogP contribution in [0.25, 0.3) is 10.4 Å². The largest absolute Gasteiger partial charge is 0.367 e. The van der Waals surface area contributed by atoms with Crippen molar-refractivity contribution in [2.24, 2.45) is 0 Å². The molecule has 1 N–H and O–H groups in total. The van der Waals surface area contributed by atoms with E-state index < -0.39 is 0 Å². The molecular formula is C10H13NS. The zero-order valence-electron chi connectivity index (χ0n) is 7.37. The fraction of sp³-hybridized carbons (Fsp3) is 0.200. The molecule has 2 aromatic rings. The first-order valence-electron chi connectivity index (χ1n) is 4.13. The number of hydrogen-bond donors (Lipinski definition) is 1. The van der Waals surface area contributed by atoms with Crippen LogP contribution in [0.3, 0.4) is 0 Å². The van der Waals surface area contributed by atoms with Gasteiger partial charge in [-0.25, -0.2) is 0 Å². The van der Waals surface area contributed by atoms with Gasteiger partial charge in [0.05, 0.1) is 0 Å². The molecular weight excluding hydrogens is 166 g/mol. The van der Waals surface area contributed by atoms with Gasteiger partial charge in [-0.15, -0.1) is 11.3 Å². The van der Waals surface area contributed by atoms with Crippen molar-refractivity contribution >= 4 is 11.3 Å². The van der Waals surface area contributed by atoms with Gasteiger partial charge in [0.15, 0.2) is 0 Å². The summed E-state index contributed by atoms with van der Waals surface area (Å²) in [6.45, 7) is 4.00. The summed E-state index contributed by atoms with van der Waals surface area (Å²) in [5.41, 5.74) is 1.27. The minimum atomic E-state index is 1.27. The van der Waals surface area contributed by atoms with E-state index in [2.05, 4.69) is 28.6 Å². The second-order valence-electron chi connectivity index (χ2n) is 2.08. The second-order valence-corrected chi connectivity index (χ2v) is 3.02. The maximum atomic E-state index is 3.02. The predicted molar refractivity (Wildman–Crippen MR) is 55.5 cm³/mol. The van der Waals surface area contributed by atoms with Crippen molar-refractivity contribution in [3.8, 4) is 10.4 Å². The second kappa shape index (κ2) is 4.78. The van der Waals surface area contributed by atoms with E-state index in [-0.39, 0.29) is 0 Å². The summed E-state index contributed by atoms with van der Waals surface area (Å²) in [7, 11) is 0. The van der Waals surface area contributed by atoms with Gasteiger partial charge in [0, 0.05) is 22.8 Å². The molecule has 0 fully saturated rings. The van der Waals surface area contributed by atoms with Crippen molar-refractivity contribution in [1.82, 2.24) is 4.98 Å². The molecule has 0 aromatic carbocycles. The van der Waals surface area contributed by atoms with Gasteiger partial charge in [-0.1, -0.05) is 19.9 Å². The summed E-state index contributed by atoms with van der Waals surface area (Å²) in [5.74, 6) is 0. The fourth-order valence-electron chi connectivity index (χ4n) is 0.920. The third-order valence-corrected chi connectivity index (χ3v) is 2.32. The van der Waals surface area contributed by atoms with Crippen molar-refractivity contribution < 1.29 is 0 Å². The molecule has 2 heteroatoms. The van der Waals surface area contributed by atoms with Crippen molar-refractivity contribution in [3.63, 3.8) is 0 Å². The molecule has 0 aliphatic heterocycles. The minimum Gasteiger partial charge on any atom is -0.367 e. The Kier molecular flexibility index (Phi) is 3.61. The van der Waals surface area contributed by atoms with E-state index in [4.69, 9.17) is 0 Å². The van der Waals surface area contributed by atoms with Crippen LogP contribution in [0.5, 0.6) is 0 Å². The van der Waals surface area contributed by atoms with E-state index in [0.717, 1.165) is 0 Å². The molecule has 0 unspecified atom stereocenters.